The van der Waals surface area contributed by atoms with E-state index in [0.29, 0.717) is 10.2 Å². The molecule has 6 heteroatoms. The van der Waals surface area contributed by atoms with Gasteiger partial charge >= 0.3 is 0 Å². The molecule has 3 N–H and O–H groups in total. The van der Waals surface area contributed by atoms with Crippen LogP contribution in [0.4, 0.5) is 10.1 Å². The van der Waals surface area contributed by atoms with Crippen LogP contribution in [0.5, 0.6) is 5.75 Å². The molecule has 0 spiro atoms. The molecule has 0 aliphatic heterocycles. The Morgan fingerprint density at radius 2 is 2.15 bits per heavy atom. The van der Waals surface area contributed by atoms with Crippen molar-refractivity contribution in [1.29, 1.82) is 0 Å². The normalized spacial score (nSPS) is 16.9. The van der Waals surface area contributed by atoms with Crippen LogP contribution in [0.15, 0.2) is 16.6 Å². The summed E-state index contributed by atoms with van der Waals surface area (Å²) in [6, 6.07) is 2.66. The summed E-state index contributed by atoms with van der Waals surface area (Å²) in [4.78, 5) is 12.0. The average Bonchev–Trinajstić information content (AvgIpc) is 2.86. The Balaban J connectivity index is 2.00. The van der Waals surface area contributed by atoms with Gasteiger partial charge in [-0.05, 0) is 41.8 Å². The first-order valence-corrected chi connectivity index (χ1v) is 7.48. The number of nitrogen functional groups attached to an aromatic ring is 1. The van der Waals surface area contributed by atoms with Crippen molar-refractivity contribution in [2.75, 3.05) is 5.73 Å². The molecule has 0 saturated heterocycles. The average molecular weight is 345 g/mol. The summed E-state index contributed by atoms with van der Waals surface area (Å²) in [5.41, 5.74) is 5.87. The van der Waals surface area contributed by atoms with Crippen LogP contribution >= 0.6 is 15.9 Å². The summed E-state index contributed by atoms with van der Waals surface area (Å²) in [7, 11) is 0. The summed E-state index contributed by atoms with van der Waals surface area (Å²) in [6.45, 7) is 1.65. The maximum absolute atomic E-state index is 13.1. The highest BCUT2D eigenvalue weighted by atomic mass is 79.9. The van der Waals surface area contributed by atoms with E-state index in [1.165, 1.54) is 12.1 Å². The molecular formula is C14H18BrFN2O2. The molecule has 1 fully saturated rings. The van der Waals surface area contributed by atoms with Gasteiger partial charge < -0.3 is 15.8 Å². The van der Waals surface area contributed by atoms with Gasteiger partial charge in [0.15, 0.2) is 11.9 Å². The second kappa shape index (κ2) is 6.43. The number of anilines is 1. The van der Waals surface area contributed by atoms with Crippen LogP contribution < -0.4 is 15.8 Å². The Morgan fingerprint density at radius 1 is 1.50 bits per heavy atom. The van der Waals surface area contributed by atoms with E-state index in [9.17, 15) is 9.18 Å². The molecule has 1 saturated carbocycles. The molecule has 1 aliphatic carbocycles. The van der Waals surface area contributed by atoms with E-state index in [1.54, 1.807) is 6.92 Å². The number of carbonyl (C=O) groups is 1. The molecule has 20 heavy (non-hydrogen) atoms. The highest BCUT2D eigenvalue weighted by Gasteiger charge is 2.23. The van der Waals surface area contributed by atoms with Gasteiger partial charge in [0, 0.05) is 12.1 Å². The number of ether oxygens (including phenoxy) is 1. The van der Waals surface area contributed by atoms with Crippen LogP contribution in [0.2, 0.25) is 0 Å². The Morgan fingerprint density at radius 3 is 2.75 bits per heavy atom. The molecule has 1 atom stereocenters. The van der Waals surface area contributed by atoms with Gasteiger partial charge in [-0.3, -0.25) is 4.79 Å². The van der Waals surface area contributed by atoms with Crippen LogP contribution in [0.25, 0.3) is 0 Å². The standard InChI is InChI=1S/C14H18BrFN2O2/c1-8(14(19)18-10-4-2-3-5-10)20-13-11(15)6-9(16)7-12(13)17/h6-8,10H,2-5,17H2,1H3,(H,18,19). The number of hydrogen-bond acceptors (Lipinski definition) is 3. The molecule has 0 aromatic heterocycles. The van der Waals surface area contributed by atoms with Gasteiger partial charge in [0.05, 0.1) is 10.2 Å². The first-order valence-electron chi connectivity index (χ1n) is 6.69. The summed E-state index contributed by atoms with van der Waals surface area (Å²) in [5, 5.41) is 2.96. The van der Waals surface area contributed by atoms with Crippen LogP contribution in [0, 0.1) is 5.82 Å². The molecule has 0 radical (unpaired) electrons. The zero-order chi connectivity index (χ0) is 14.7. The molecule has 1 amide bonds. The van der Waals surface area contributed by atoms with Crippen molar-refractivity contribution in [1.82, 2.24) is 5.32 Å². The fourth-order valence-electron chi connectivity index (χ4n) is 2.32. The van der Waals surface area contributed by atoms with E-state index in [-0.39, 0.29) is 17.6 Å². The van der Waals surface area contributed by atoms with Crippen molar-refractivity contribution in [2.24, 2.45) is 0 Å². The molecule has 1 unspecified atom stereocenters. The lowest BCUT2D eigenvalue weighted by atomic mass is 10.2. The molecule has 1 aromatic rings. The number of nitrogens with two attached hydrogens (primary N) is 1. The van der Waals surface area contributed by atoms with Gasteiger partial charge in [0.1, 0.15) is 5.82 Å². The van der Waals surface area contributed by atoms with Crippen LogP contribution in [-0.2, 0) is 4.79 Å². The zero-order valence-electron chi connectivity index (χ0n) is 11.3. The van der Waals surface area contributed by atoms with Gasteiger partial charge in [0.2, 0.25) is 0 Å². The van der Waals surface area contributed by atoms with E-state index in [2.05, 4.69) is 21.2 Å². The Bertz CT molecular complexity index is 481. The second-order valence-corrected chi connectivity index (χ2v) is 5.91. The summed E-state index contributed by atoms with van der Waals surface area (Å²) < 4.78 is 19.1. The molecular weight excluding hydrogens is 327 g/mol. The number of carbonyl (C=O) groups excluding carboxylic acids is 1. The molecule has 0 bridgehead atoms. The fourth-order valence-corrected chi connectivity index (χ4v) is 2.86. The smallest absolute Gasteiger partial charge is 0.260 e. The van der Waals surface area contributed by atoms with E-state index < -0.39 is 11.9 Å². The van der Waals surface area contributed by atoms with Gasteiger partial charge in [0.25, 0.3) is 5.91 Å². The van der Waals surface area contributed by atoms with Crippen molar-refractivity contribution in [3.63, 3.8) is 0 Å². The number of hydrogen-bond donors (Lipinski definition) is 2. The highest BCUT2D eigenvalue weighted by molar-refractivity contribution is 9.10. The lowest BCUT2D eigenvalue weighted by Gasteiger charge is -2.19. The maximum atomic E-state index is 13.1. The van der Waals surface area contributed by atoms with E-state index in [1.807, 2.05) is 0 Å². The summed E-state index contributed by atoms with van der Waals surface area (Å²) >= 11 is 3.19. The largest absolute Gasteiger partial charge is 0.478 e. The van der Waals surface area contributed by atoms with E-state index in [0.717, 1.165) is 25.7 Å². The molecule has 1 aliphatic rings. The third-order valence-electron chi connectivity index (χ3n) is 3.40. The number of benzene rings is 1. The molecule has 110 valence electrons. The second-order valence-electron chi connectivity index (χ2n) is 5.06. The number of amides is 1. The lowest BCUT2D eigenvalue weighted by molar-refractivity contribution is -0.127. The number of halogens is 2. The monoisotopic (exact) mass is 344 g/mol. The SMILES string of the molecule is CC(Oc1c(N)cc(F)cc1Br)C(=O)NC1CCCC1. The minimum atomic E-state index is -0.681. The lowest BCUT2D eigenvalue weighted by Crippen LogP contribution is -2.41. The van der Waals surface area contributed by atoms with Crippen LogP contribution in [0.3, 0.4) is 0 Å². The van der Waals surface area contributed by atoms with Crippen LogP contribution in [0.1, 0.15) is 32.6 Å². The van der Waals surface area contributed by atoms with Crippen LogP contribution in [-0.4, -0.2) is 18.1 Å². The highest BCUT2D eigenvalue weighted by Crippen LogP contribution is 2.33. The quantitative estimate of drug-likeness (QED) is 0.825. The Kier molecular flexibility index (Phi) is 4.86. The number of nitrogens with one attached hydrogen (secondary N) is 1. The van der Waals surface area contributed by atoms with Crippen molar-refractivity contribution >= 4 is 27.5 Å². The zero-order valence-corrected chi connectivity index (χ0v) is 12.9. The minimum absolute atomic E-state index is 0.164. The van der Waals surface area contributed by atoms with Crippen molar-refractivity contribution < 1.29 is 13.9 Å². The molecule has 4 nitrogen and oxygen atoms in total. The predicted molar refractivity (Wildman–Crippen MR) is 79.0 cm³/mol. The Labute approximate surface area is 126 Å². The first kappa shape index (κ1) is 15.1. The van der Waals surface area contributed by atoms with Crippen molar-refractivity contribution in [3.05, 3.63) is 22.4 Å². The molecule has 2 rings (SSSR count). The molecule has 0 heterocycles. The van der Waals surface area contributed by atoms with Gasteiger partial charge in [-0.15, -0.1) is 0 Å². The third kappa shape index (κ3) is 3.62. The van der Waals surface area contributed by atoms with E-state index in [4.69, 9.17) is 10.5 Å². The fraction of sp³-hybridized carbons (Fsp3) is 0.500. The van der Waals surface area contributed by atoms with Crippen molar-refractivity contribution in [2.45, 2.75) is 44.8 Å². The number of rotatable bonds is 4. The minimum Gasteiger partial charge on any atom is -0.478 e. The topological polar surface area (TPSA) is 64.3 Å². The summed E-state index contributed by atoms with van der Waals surface area (Å²) in [5.74, 6) is -0.335. The predicted octanol–water partition coefficient (Wildman–Crippen LogP) is 3.00. The summed E-state index contributed by atoms with van der Waals surface area (Å²) in [6.07, 6.45) is 3.65. The van der Waals surface area contributed by atoms with Gasteiger partial charge in [-0.1, -0.05) is 12.8 Å². The Hall–Kier alpha value is -1.30. The third-order valence-corrected chi connectivity index (χ3v) is 3.99. The van der Waals surface area contributed by atoms with Gasteiger partial charge in [-0.2, -0.15) is 0 Å². The van der Waals surface area contributed by atoms with Gasteiger partial charge in [-0.25, -0.2) is 4.39 Å². The van der Waals surface area contributed by atoms with E-state index >= 15 is 0 Å². The maximum Gasteiger partial charge on any atom is 0.260 e. The van der Waals surface area contributed by atoms with Crippen molar-refractivity contribution in [3.8, 4) is 5.75 Å². The first-order chi connectivity index (χ1) is 9.47. The molecule has 1 aromatic carbocycles.